The summed E-state index contributed by atoms with van der Waals surface area (Å²) < 4.78 is 15.2. The van der Waals surface area contributed by atoms with Crippen LogP contribution in [-0.2, 0) is 11.3 Å². The zero-order valence-corrected chi connectivity index (χ0v) is 17.0. The number of nitrogens with zero attached hydrogens (tertiary/aromatic N) is 2. The highest BCUT2D eigenvalue weighted by molar-refractivity contribution is 5.99. The Morgan fingerprint density at radius 1 is 1.13 bits per heavy atom. The molecule has 2 aromatic carbocycles. The fraction of sp³-hybridized carbons (Fsp3) is 0.208. The first kappa shape index (κ1) is 20.5. The van der Waals surface area contributed by atoms with Crippen LogP contribution in [0.25, 0.3) is 0 Å². The quantitative estimate of drug-likeness (QED) is 0.487. The summed E-state index contributed by atoms with van der Waals surface area (Å²) in [5, 5.41) is 14.3. The minimum absolute atomic E-state index is 0.0328. The molecule has 0 spiro atoms. The summed E-state index contributed by atoms with van der Waals surface area (Å²) in [5.74, 6) is -0.953. The van der Waals surface area contributed by atoms with E-state index >= 15 is 0 Å². The number of hydrogen-bond donors (Lipinski definition) is 1. The van der Waals surface area contributed by atoms with E-state index in [1.807, 2.05) is 31.2 Å². The highest BCUT2D eigenvalue weighted by Crippen LogP contribution is 2.39. The maximum atomic E-state index is 14.7. The second kappa shape index (κ2) is 8.55. The topological polar surface area (TPSA) is 76.4 Å². The van der Waals surface area contributed by atoms with E-state index in [0.717, 1.165) is 11.1 Å². The summed E-state index contributed by atoms with van der Waals surface area (Å²) in [7, 11) is 0. The second-order valence-corrected chi connectivity index (χ2v) is 7.63. The van der Waals surface area contributed by atoms with Crippen LogP contribution in [0.1, 0.15) is 45.9 Å². The minimum atomic E-state index is -0.564. The van der Waals surface area contributed by atoms with Crippen molar-refractivity contribution in [3.8, 4) is 0 Å². The number of hydrogen-bond acceptors (Lipinski definition) is 3. The van der Waals surface area contributed by atoms with Crippen molar-refractivity contribution < 1.29 is 18.7 Å². The van der Waals surface area contributed by atoms with Crippen molar-refractivity contribution in [2.45, 2.75) is 32.4 Å². The molecule has 1 N–H and O–H groups in total. The normalized spacial score (nSPS) is 15.1. The number of aromatic nitrogens is 1. The maximum absolute atomic E-state index is 14.7. The molecule has 158 valence electrons. The zero-order chi connectivity index (χ0) is 22.0. The van der Waals surface area contributed by atoms with Crippen LogP contribution >= 0.6 is 0 Å². The average molecular weight is 419 g/mol. The number of rotatable bonds is 6. The fourth-order valence-electron chi connectivity index (χ4n) is 3.88. The van der Waals surface area contributed by atoms with Gasteiger partial charge in [-0.3, -0.25) is 4.79 Å². The second-order valence-electron chi connectivity index (χ2n) is 7.63. The molecule has 31 heavy (non-hydrogen) atoms. The number of fused-ring (bicyclic) bond motifs is 1. The van der Waals surface area contributed by atoms with Crippen LogP contribution in [0.3, 0.4) is 0 Å². The van der Waals surface area contributed by atoms with Crippen molar-refractivity contribution in [2.24, 2.45) is 0 Å². The third kappa shape index (κ3) is 4.26. The van der Waals surface area contributed by atoms with E-state index in [0.29, 0.717) is 22.4 Å². The van der Waals surface area contributed by atoms with E-state index in [1.54, 1.807) is 23.1 Å². The van der Waals surface area contributed by atoms with Gasteiger partial charge in [0.25, 0.3) is 11.7 Å². The summed E-state index contributed by atoms with van der Waals surface area (Å²) in [4.78, 5) is 27.1. The summed E-state index contributed by atoms with van der Waals surface area (Å²) in [6.45, 7) is 2.30. The number of carbonyl (C=O) groups excluding carboxylic acids is 2. The molecule has 7 heteroatoms. The van der Waals surface area contributed by atoms with Gasteiger partial charge < -0.3 is 10.1 Å². The van der Waals surface area contributed by atoms with Crippen LogP contribution in [-0.4, -0.2) is 16.7 Å². The molecular formula is C24H22FN3O3. The molecular weight excluding hydrogens is 397 g/mol. The molecule has 2 heterocycles. The molecule has 1 atom stereocenters. The third-order valence-corrected chi connectivity index (χ3v) is 5.46. The lowest BCUT2D eigenvalue weighted by Crippen LogP contribution is -2.32. The molecule has 0 aliphatic carbocycles. The first-order chi connectivity index (χ1) is 14.9. The van der Waals surface area contributed by atoms with Crippen molar-refractivity contribution in [2.75, 3.05) is 5.32 Å². The predicted octanol–water partition coefficient (Wildman–Crippen LogP) is 3.88. The number of aryl methyl sites for hydroxylation is 1. The molecule has 0 bridgehead atoms. The average Bonchev–Trinajstić information content (AvgIpc) is 3.02. The number of carbonyl (C=O) groups is 2. The maximum Gasteiger partial charge on any atom is 0.307 e. The van der Waals surface area contributed by atoms with Gasteiger partial charge in [0.2, 0.25) is 0 Å². The standard InChI is InChI=1S/C24H22FN3O3/c1-16-8-10-17(11-9-16)15-27-20(23-18(24(27)30)5-4-6-19(23)25)12-13-22(29)26-21-7-2-3-14-28(21)31/h2-11,14,20H,12-13,15H2,1H3,(H,26,29). The van der Waals surface area contributed by atoms with Crippen LogP contribution < -0.4 is 10.0 Å². The molecule has 0 saturated carbocycles. The molecule has 1 aliphatic rings. The van der Waals surface area contributed by atoms with Crippen molar-refractivity contribution in [1.29, 1.82) is 0 Å². The van der Waals surface area contributed by atoms with Crippen LogP contribution in [0.5, 0.6) is 0 Å². The fourth-order valence-corrected chi connectivity index (χ4v) is 3.88. The van der Waals surface area contributed by atoms with E-state index in [4.69, 9.17) is 0 Å². The van der Waals surface area contributed by atoms with Crippen molar-refractivity contribution >= 4 is 17.6 Å². The lowest BCUT2D eigenvalue weighted by Gasteiger charge is -2.25. The van der Waals surface area contributed by atoms with Gasteiger partial charge in [-0.15, -0.1) is 0 Å². The smallest absolute Gasteiger partial charge is 0.307 e. The van der Waals surface area contributed by atoms with Gasteiger partial charge in [-0.1, -0.05) is 42.0 Å². The van der Waals surface area contributed by atoms with Crippen LogP contribution in [0, 0.1) is 17.9 Å². The van der Waals surface area contributed by atoms with Crippen molar-refractivity contribution in [3.05, 3.63) is 100 Å². The first-order valence-electron chi connectivity index (χ1n) is 10.1. The van der Waals surface area contributed by atoms with Crippen molar-refractivity contribution in [3.63, 3.8) is 0 Å². The molecule has 6 nitrogen and oxygen atoms in total. The largest absolute Gasteiger partial charge is 0.711 e. The molecule has 0 saturated heterocycles. The summed E-state index contributed by atoms with van der Waals surface area (Å²) in [6, 6.07) is 16.4. The molecule has 1 aromatic heterocycles. The van der Waals surface area contributed by atoms with E-state index in [1.165, 1.54) is 24.4 Å². The van der Waals surface area contributed by atoms with Gasteiger partial charge in [0.05, 0.1) is 18.7 Å². The summed E-state index contributed by atoms with van der Waals surface area (Å²) in [6.07, 6.45) is 1.56. The first-order valence-corrected chi connectivity index (χ1v) is 10.1. The van der Waals surface area contributed by atoms with Crippen molar-refractivity contribution in [1.82, 2.24) is 4.90 Å². The Kier molecular flexibility index (Phi) is 5.66. The highest BCUT2D eigenvalue weighted by Gasteiger charge is 2.39. The Bertz CT molecular complexity index is 1130. The number of anilines is 1. The van der Waals surface area contributed by atoms with Gasteiger partial charge in [-0.25, -0.2) is 19.2 Å². The monoisotopic (exact) mass is 419 g/mol. The Hall–Kier alpha value is -3.74. The molecule has 1 aliphatic heterocycles. The number of nitrogens with one attached hydrogen (secondary N) is 1. The molecule has 4 rings (SSSR count). The van der Waals surface area contributed by atoms with E-state index in [2.05, 4.69) is 5.32 Å². The van der Waals surface area contributed by atoms with Gasteiger partial charge >= 0.3 is 5.91 Å². The summed E-state index contributed by atoms with van der Waals surface area (Å²) >= 11 is 0. The Morgan fingerprint density at radius 3 is 2.65 bits per heavy atom. The predicted molar refractivity (Wildman–Crippen MR) is 113 cm³/mol. The Morgan fingerprint density at radius 2 is 1.90 bits per heavy atom. The van der Waals surface area contributed by atoms with E-state index < -0.39 is 11.9 Å². The van der Waals surface area contributed by atoms with Gasteiger partial charge in [0.15, 0.2) is 0 Å². The number of benzene rings is 2. The highest BCUT2D eigenvalue weighted by atomic mass is 19.1. The molecule has 0 radical (unpaired) electrons. The van der Waals surface area contributed by atoms with Crippen LogP contribution in [0.15, 0.2) is 66.9 Å². The van der Waals surface area contributed by atoms with Gasteiger partial charge in [-0.05, 0) is 37.1 Å². The third-order valence-electron chi connectivity index (χ3n) is 5.46. The van der Waals surface area contributed by atoms with Crippen LogP contribution in [0.2, 0.25) is 0 Å². The zero-order valence-electron chi connectivity index (χ0n) is 17.0. The molecule has 1 unspecified atom stereocenters. The van der Waals surface area contributed by atoms with Gasteiger partial charge in [-0.2, -0.15) is 0 Å². The Balaban J connectivity index is 1.54. The molecule has 2 amide bonds. The SMILES string of the molecule is Cc1ccc(CN2C(=O)c3cccc(F)c3C2CCC(=O)Nc2cccc[n+]2[O-])cc1. The van der Waals surface area contributed by atoms with Gasteiger partial charge in [0.1, 0.15) is 5.82 Å². The molecule has 3 aromatic rings. The minimum Gasteiger partial charge on any atom is -0.711 e. The van der Waals surface area contributed by atoms with Crippen LogP contribution in [0.4, 0.5) is 10.2 Å². The lowest BCUT2D eigenvalue weighted by molar-refractivity contribution is -0.590. The number of pyridine rings is 1. The van der Waals surface area contributed by atoms with E-state index in [-0.39, 0.29) is 30.5 Å². The van der Waals surface area contributed by atoms with E-state index in [9.17, 15) is 19.2 Å². The molecule has 0 fully saturated rings. The Labute approximate surface area is 179 Å². The summed E-state index contributed by atoms with van der Waals surface area (Å²) in [5.41, 5.74) is 2.69. The van der Waals surface area contributed by atoms with Gasteiger partial charge in [0, 0.05) is 23.7 Å². The number of amides is 2. The number of halogens is 1. The lowest BCUT2D eigenvalue weighted by atomic mass is 9.99.